The molecule has 0 spiro atoms. The number of primary amides is 1. The van der Waals surface area contributed by atoms with Crippen LogP contribution in [0.2, 0.25) is 0 Å². The van der Waals surface area contributed by atoms with Gasteiger partial charge in [0.15, 0.2) is 0 Å². The standard InChI is InChI=1S/C17H15N3O3/c1-10-8-12(19-17(18)23)7-6-11(10)9-20-15(21)13-4-2-3-5-14(13)16(20)22/h2-8H,9H2,1H3,(H3,18,19,23). The van der Waals surface area contributed by atoms with Crippen molar-refractivity contribution in [3.05, 3.63) is 64.7 Å². The van der Waals surface area contributed by atoms with E-state index < -0.39 is 6.03 Å². The molecule has 0 saturated heterocycles. The Bertz CT molecular complexity index is 795. The first-order valence-electron chi connectivity index (χ1n) is 7.08. The van der Waals surface area contributed by atoms with Crippen molar-refractivity contribution in [2.24, 2.45) is 5.73 Å². The quantitative estimate of drug-likeness (QED) is 0.852. The number of nitrogens with two attached hydrogens (primary N) is 1. The number of benzene rings is 2. The zero-order valence-electron chi connectivity index (χ0n) is 12.5. The molecule has 6 heteroatoms. The highest BCUT2D eigenvalue weighted by Crippen LogP contribution is 2.25. The molecule has 2 aromatic carbocycles. The van der Waals surface area contributed by atoms with E-state index in [1.54, 1.807) is 42.5 Å². The van der Waals surface area contributed by atoms with Crippen LogP contribution in [0.25, 0.3) is 0 Å². The average Bonchev–Trinajstić information content (AvgIpc) is 2.75. The van der Waals surface area contributed by atoms with E-state index in [2.05, 4.69) is 5.32 Å². The number of aryl methyl sites for hydroxylation is 1. The van der Waals surface area contributed by atoms with Gasteiger partial charge in [-0.15, -0.1) is 0 Å². The number of imide groups is 1. The third-order valence-electron chi connectivity index (χ3n) is 3.82. The molecular formula is C17H15N3O3. The van der Waals surface area contributed by atoms with E-state index in [9.17, 15) is 14.4 Å². The summed E-state index contributed by atoms with van der Waals surface area (Å²) in [5.41, 5.74) is 8.20. The van der Waals surface area contributed by atoms with Crippen molar-refractivity contribution in [3.63, 3.8) is 0 Å². The molecule has 6 nitrogen and oxygen atoms in total. The summed E-state index contributed by atoms with van der Waals surface area (Å²) in [5, 5.41) is 2.49. The smallest absolute Gasteiger partial charge is 0.316 e. The number of nitrogens with one attached hydrogen (secondary N) is 1. The molecule has 3 N–H and O–H groups in total. The van der Waals surface area contributed by atoms with E-state index in [-0.39, 0.29) is 18.4 Å². The predicted octanol–water partition coefficient (Wildman–Crippen LogP) is 2.28. The molecule has 1 aliphatic rings. The zero-order chi connectivity index (χ0) is 16.6. The number of fused-ring (bicyclic) bond motifs is 1. The average molecular weight is 309 g/mol. The number of amides is 4. The molecule has 116 valence electrons. The largest absolute Gasteiger partial charge is 0.351 e. The van der Waals surface area contributed by atoms with Gasteiger partial charge in [-0.3, -0.25) is 14.5 Å². The first kappa shape index (κ1) is 14.8. The second-order valence-electron chi connectivity index (χ2n) is 5.37. The Morgan fingerprint density at radius 3 is 2.22 bits per heavy atom. The Morgan fingerprint density at radius 1 is 1.09 bits per heavy atom. The SMILES string of the molecule is Cc1cc(NC(N)=O)ccc1CN1C(=O)c2ccccc2C1=O. The van der Waals surface area contributed by atoms with Gasteiger partial charge in [0.2, 0.25) is 0 Å². The van der Waals surface area contributed by atoms with E-state index in [0.717, 1.165) is 11.1 Å². The topological polar surface area (TPSA) is 92.5 Å². The third kappa shape index (κ3) is 2.66. The number of rotatable bonds is 3. The van der Waals surface area contributed by atoms with Crippen LogP contribution in [0.5, 0.6) is 0 Å². The summed E-state index contributed by atoms with van der Waals surface area (Å²) < 4.78 is 0. The molecule has 0 saturated carbocycles. The number of hydrogen-bond donors (Lipinski definition) is 2. The molecule has 0 atom stereocenters. The first-order valence-corrected chi connectivity index (χ1v) is 7.08. The van der Waals surface area contributed by atoms with Crippen LogP contribution < -0.4 is 11.1 Å². The van der Waals surface area contributed by atoms with Gasteiger partial charge in [-0.25, -0.2) is 4.79 Å². The highest BCUT2D eigenvalue weighted by atomic mass is 16.2. The fourth-order valence-corrected chi connectivity index (χ4v) is 2.65. The summed E-state index contributed by atoms with van der Waals surface area (Å²) >= 11 is 0. The zero-order valence-corrected chi connectivity index (χ0v) is 12.5. The van der Waals surface area contributed by atoms with Crippen LogP contribution in [0.15, 0.2) is 42.5 Å². The lowest BCUT2D eigenvalue weighted by atomic mass is 10.1. The summed E-state index contributed by atoms with van der Waals surface area (Å²) in [5.74, 6) is -0.575. The second-order valence-corrected chi connectivity index (χ2v) is 5.37. The molecule has 2 aromatic rings. The van der Waals surface area contributed by atoms with Crippen LogP contribution >= 0.6 is 0 Å². The van der Waals surface area contributed by atoms with Gasteiger partial charge in [0, 0.05) is 5.69 Å². The van der Waals surface area contributed by atoms with Crippen molar-refractivity contribution in [3.8, 4) is 0 Å². The fourth-order valence-electron chi connectivity index (χ4n) is 2.65. The van der Waals surface area contributed by atoms with Crippen LogP contribution in [0.4, 0.5) is 10.5 Å². The fraction of sp³-hybridized carbons (Fsp3) is 0.118. The summed E-state index contributed by atoms with van der Waals surface area (Å²) in [6, 6.07) is 11.3. The van der Waals surface area contributed by atoms with Gasteiger partial charge >= 0.3 is 6.03 Å². The number of nitrogens with zero attached hydrogens (tertiary/aromatic N) is 1. The Morgan fingerprint density at radius 2 is 1.70 bits per heavy atom. The lowest BCUT2D eigenvalue weighted by Crippen LogP contribution is -2.29. The van der Waals surface area contributed by atoms with Crippen molar-refractivity contribution in [2.45, 2.75) is 13.5 Å². The normalized spacial score (nSPS) is 13.2. The summed E-state index contributed by atoms with van der Waals surface area (Å²) in [7, 11) is 0. The summed E-state index contributed by atoms with van der Waals surface area (Å²) in [6.07, 6.45) is 0. The number of anilines is 1. The lowest BCUT2D eigenvalue weighted by Gasteiger charge is -2.16. The Hall–Kier alpha value is -3.15. The maximum absolute atomic E-state index is 12.4. The molecule has 3 rings (SSSR count). The minimum atomic E-state index is -0.641. The van der Waals surface area contributed by atoms with Crippen molar-refractivity contribution in [1.82, 2.24) is 4.90 Å². The lowest BCUT2D eigenvalue weighted by molar-refractivity contribution is 0.0642. The highest BCUT2D eigenvalue weighted by Gasteiger charge is 2.35. The van der Waals surface area contributed by atoms with Crippen LogP contribution in [0.1, 0.15) is 31.8 Å². The van der Waals surface area contributed by atoms with Gasteiger partial charge in [-0.2, -0.15) is 0 Å². The summed E-state index contributed by atoms with van der Waals surface area (Å²) in [4.78, 5) is 36.8. The van der Waals surface area contributed by atoms with E-state index in [0.29, 0.717) is 16.8 Å². The Labute approximate surface area is 132 Å². The molecule has 0 aliphatic carbocycles. The molecule has 0 bridgehead atoms. The van der Waals surface area contributed by atoms with E-state index in [1.165, 1.54) is 4.90 Å². The first-order chi connectivity index (χ1) is 11.0. The predicted molar refractivity (Wildman–Crippen MR) is 85.0 cm³/mol. The molecule has 0 aromatic heterocycles. The molecule has 1 heterocycles. The van der Waals surface area contributed by atoms with E-state index in [4.69, 9.17) is 5.73 Å². The highest BCUT2D eigenvalue weighted by molar-refractivity contribution is 6.21. The Balaban J connectivity index is 1.85. The van der Waals surface area contributed by atoms with Gasteiger partial charge in [0.25, 0.3) is 11.8 Å². The molecule has 0 radical (unpaired) electrons. The maximum atomic E-state index is 12.4. The van der Waals surface area contributed by atoms with Gasteiger partial charge in [0.1, 0.15) is 0 Å². The van der Waals surface area contributed by atoms with Crippen LogP contribution in [0, 0.1) is 6.92 Å². The maximum Gasteiger partial charge on any atom is 0.316 e. The van der Waals surface area contributed by atoms with Crippen molar-refractivity contribution in [2.75, 3.05) is 5.32 Å². The Kier molecular flexibility index (Phi) is 3.57. The number of carbonyl (C=O) groups is 3. The molecule has 1 aliphatic heterocycles. The van der Waals surface area contributed by atoms with Crippen LogP contribution in [-0.2, 0) is 6.54 Å². The number of urea groups is 1. The van der Waals surface area contributed by atoms with Gasteiger partial charge in [-0.1, -0.05) is 18.2 Å². The molecule has 4 amide bonds. The van der Waals surface area contributed by atoms with Gasteiger partial charge in [-0.05, 0) is 42.3 Å². The van der Waals surface area contributed by atoms with Crippen LogP contribution in [0.3, 0.4) is 0 Å². The van der Waals surface area contributed by atoms with E-state index in [1.807, 2.05) is 6.92 Å². The molecule has 0 unspecified atom stereocenters. The van der Waals surface area contributed by atoms with Crippen LogP contribution in [-0.4, -0.2) is 22.7 Å². The van der Waals surface area contributed by atoms with Crippen molar-refractivity contribution >= 4 is 23.5 Å². The van der Waals surface area contributed by atoms with Gasteiger partial charge < -0.3 is 11.1 Å². The second kappa shape index (κ2) is 5.57. The monoisotopic (exact) mass is 309 g/mol. The van der Waals surface area contributed by atoms with Gasteiger partial charge in [0.05, 0.1) is 17.7 Å². The third-order valence-corrected chi connectivity index (χ3v) is 3.82. The summed E-state index contributed by atoms with van der Waals surface area (Å²) in [6.45, 7) is 2.04. The van der Waals surface area contributed by atoms with Crippen molar-refractivity contribution < 1.29 is 14.4 Å². The molecular weight excluding hydrogens is 294 g/mol. The minimum Gasteiger partial charge on any atom is -0.351 e. The number of carbonyl (C=O) groups excluding carboxylic acids is 3. The molecule has 23 heavy (non-hydrogen) atoms. The number of hydrogen-bond acceptors (Lipinski definition) is 3. The van der Waals surface area contributed by atoms with Crippen molar-refractivity contribution in [1.29, 1.82) is 0 Å². The van der Waals surface area contributed by atoms with E-state index >= 15 is 0 Å². The molecule has 0 fully saturated rings. The minimum absolute atomic E-state index is 0.190.